The molecule has 1 saturated heterocycles. The summed E-state index contributed by atoms with van der Waals surface area (Å²) in [6.07, 6.45) is 5.24. The highest BCUT2D eigenvalue weighted by Crippen LogP contribution is 2.17. The molecule has 1 aromatic heterocycles. The summed E-state index contributed by atoms with van der Waals surface area (Å²) in [6, 6.07) is 9.88. The molecule has 1 aliphatic heterocycles. The number of hydrogen-bond donors (Lipinski definition) is 1. The lowest BCUT2D eigenvalue weighted by molar-refractivity contribution is 0.894. The van der Waals surface area contributed by atoms with Crippen molar-refractivity contribution in [3.8, 4) is 0 Å². The first-order valence-corrected chi connectivity index (χ1v) is 7.75. The van der Waals surface area contributed by atoms with Crippen LogP contribution in [0.5, 0.6) is 0 Å². The van der Waals surface area contributed by atoms with E-state index >= 15 is 0 Å². The number of benzene rings is 1. The summed E-state index contributed by atoms with van der Waals surface area (Å²) in [5, 5.41) is 4.14. The van der Waals surface area contributed by atoms with Gasteiger partial charge in [-0.3, -0.25) is 0 Å². The van der Waals surface area contributed by atoms with Crippen LogP contribution in [0.4, 0.5) is 11.8 Å². The Morgan fingerprint density at radius 2 is 1.86 bits per heavy atom. The van der Waals surface area contributed by atoms with Crippen molar-refractivity contribution < 1.29 is 0 Å². The van der Waals surface area contributed by atoms with E-state index in [1.54, 1.807) is 0 Å². The van der Waals surface area contributed by atoms with Crippen molar-refractivity contribution in [1.82, 2.24) is 9.97 Å². The zero-order valence-corrected chi connectivity index (χ0v) is 12.7. The van der Waals surface area contributed by atoms with E-state index in [1.807, 2.05) is 24.4 Å². The second-order valence-corrected chi connectivity index (χ2v) is 5.68. The van der Waals surface area contributed by atoms with Gasteiger partial charge in [-0.05, 0) is 43.0 Å². The lowest BCUT2D eigenvalue weighted by Crippen LogP contribution is -2.20. The molecule has 5 heteroatoms. The number of nitrogens with one attached hydrogen (secondary N) is 1. The molecule has 0 radical (unpaired) electrons. The Morgan fingerprint density at radius 1 is 1.10 bits per heavy atom. The van der Waals surface area contributed by atoms with Crippen molar-refractivity contribution in [2.75, 3.05) is 29.9 Å². The van der Waals surface area contributed by atoms with E-state index in [9.17, 15) is 0 Å². The van der Waals surface area contributed by atoms with Crippen LogP contribution in [0.25, 0.3) is 0 Å². The van der Waals surface area contributed by atoms with Crippen molar-refractivity contribution >= 4 is 23.4 Å². The van der Waals surface area contributed by atoms with E-state index in [2.05, 4.69) is 32.3 Å². The van der Waals surface area contributed by atoms with Gasteiger partial charge >= 0.3 is 0 Å². The van der Waals surface area contributed by atoms with Crippen LogP contribution in [-0.4, -0.2) is 29.6 Å². The monoisotopic (exact) mass is 302 g/mol. The fourth-order valence-corrected chi connectivity index (χ4v) is 2.63. The molecule has 0 aliphatic carbocycles. The second-order valence-electron chi connectivity index (χ2n) is 5.24. The number of rotatable bonds is 5. The van der Waals surface area contributed by atoms with E-state index in [-0.39, 0.29) is 0 Å². The summed E-state index contributed by atoms with van der Waals surface area (Å²) in [5.41, 5.74) is 1.26. The molecule has 110 valence electrons. The molecule has 1 aromatic carbocycles. The quantitative estimate of drug-likeness (QED) is 0.919. The Bertz CT molecular complexity index is 579. The number of hydrogen-bond acceptors (Lipinski definition) is 4. The molecule has 1 N–H and O–H groups in total. The van der Waals surface area contributed by atoms with Crippen LogP contribution >= 0.6 is 11.6 Å². The molecule has 4 nitrogen and oxygen atoms in total. The van der Waals surface area contributed by atoms with Crippen LogP contribution in [0.3, 0.4) is 0 Å². The highest BCUT2D eigenvalue weighted by molar-refractivity contribution is 6.30. The fraction of sp³-hybridized carbons (Fsp3) is 0.375. The summed E-state index contributed by atoms with van der Waals surface area (Å²) in [4.78, 5) is 11.2. The van der Waals surface area contributed by atoms with Crippen molar-refractivity contribution in [3.05, 3.63) is 47.1 Å². The van der Waals surface area contributed by atoms with Crippen LogP contribution in [-0.2, 0) is 6.42 Å². The van der Waals surface area contributed by atoms with E-state index < -0.39 is 0 Å². The van der Waals surface area contributed by atoms with Crippen molar-refractivity contribution in [2.45, 2.75) is 19.3 Å². The molecule has 0 saturated carbocycles. The van der Waals surface area contributed by atoms with Gasteiger partial charge in [-0.15, -0.1) is 0 Å². The highest BCUT2D eigenvalue weighted by atomic mass is 35.5. The molecule has 0 spiro atoms. The minimum atomic E-state index is 0.776. The molecule has 0 amide bonds. The molecular weight excluding hydrogens is 284 g/mol. The fourth-order valence-electron chi connectivity index (χ4n) is 2.50. The molecular formula is C16H19ClN4. The highest BCUT2D eigenvalue weighted by Gasteiger charge is 2.14. The summed E-state index contributed by atoms with van der Waals surface area (Å²) < 4.78 is 0. The summed E-state index contributed by atoms with van der Waals surface area (Å²) in [6.45, 7) is 2.97. The third-order valence-corrected chi connectivity index (χ3v) is 3.92. The average molecular weight is 303 g/mol. The van der Waals surface area contributed by atoms with Crippen LogP contribution in [0.1, 0.15) is 18.4 Å². The van der Waals surface area contributed by atoms with Gasteiger partial charge in [-0.1, -0.05) is 23.7 Å². The smallest absolute Gasteiger partial charge is 0.227 e. The molecule has 2 heterocycles. The van der Waals surface area contributed by atoms with Crippen molar-refractivity contribution in [2.24, 2.45) is 0 Å². The Balaban J connectivity index is 1.55. The lowest BCUT2D eigenvalue weighted by Gasteiger charge is -2.15. The van der Waals surface area contributed by atoms with E-state index in [0.717, 1.165) is 42.8 Å². The predicted molar refractivity (Wildman–Crippen MR) is 87.1 cm³/mol. The minimum absolute atomic E-state index is 0.776. The molecule has 0 atom stereocenters. The molecule has 21 heavy (non-hydrogen) atoms. The van der Waals surface area contributed by atoms with Gasteiger partial charge in [0, 0.05) is 30.9 Å². The Labute approximate surface area is 130 Å². The molecule has 1 aliphatic rings. The minimum Gasteiger partial charge on any atom is -0.370 e. The maximum absolute atomic E-state index is 5.88. The van der Waals surface area contributed by atoms with Crippen LogP contribution in [0, 0.1) is 0 Å². The average Bonchev–Trinajstić information content (AvgIpc) is 3.04. The van der Waals surface area contributed by atoms with Gasteiger partial charge in [0.1, 0.15) is 5.82 Å². The zero-order valence-electron chi connectivity index (χ0n) is 11.9. The van der Waals surface area contributed by atoms with Crippen molar-refractivity contribution in [1.29, 1.82) is 0 Å². The predicted octanol–water partition coefficient (Wildman–Crippen LogP) is 3.38. The molecule has 1 fully saturated rings. The SMILES string of the molecule is Clc1ccc(CCNc2ccnc(N3CCCC3)n2)cc1. The van der Waals surface area contributed by atoms with Gasteiger partial charge in [-0.25, -0.2) is 4.98 Å². The van der Waals surface area contributed by atoms with Gasteiger partial charge in [-0.2, -0.15) is 4.98 Å². The van der Waals surface area contributed by atoms with E-state index in [1.165, 1.54) is 18.4 Å². The summed E-state index contributed by atoms with van der Waals surface area (Å²) in [7, 11) is 0. The number of anilines is 2. The largest absolute Gasteiger partial charge is 0.370 e. The first-order valence-electron chi connectivity index (χ1n) is 7.37. The van der Waals surface area contributed by atoms with E-state index in [0.29, 0.717) is 0 Å². The Morgan fingerprint density at radius 3 is 2.62 bits per heavy atom. The topological polar surface area (TPSA) is 41.1 Å². The maximum Gasteiger partial charge on any atom is 0.227 e. The first kappa shape index (κ1) is 14.1. The van der Waals surface area contributed by atoms with Gasteiger partial charge < -0.3 is 10.2 Å². The normalized spacial score (nSPS) is 14.4. The van der Waals surface area contributed by atoms with Gasteiger partial charge in [0.05, 0.1) is 0 Å². The first-order chi connectivity index (χ1) is 10.3. The van der Waals surface area contributed by atoms with E-state index in [4.69, 9.17) is 11.6 Å². The molecule has 3 rings (SSSR count). The second kappa shape index (κ2) is 6.76. The van der Waals surface area contributed by atoms with Gasteiger partial charge in [0.15, 0.2) is 0 Å². The lowest BCUT2D eigenvalue weighted by atomic mass is 10.1. The van der Waals surface area contributed by atoms with Crippen molar-refractivity contribution in [3.63, 3.8) is 0 Å². The molecule has 2 aromatic rings. The molecule has 0 unspecified atom stereocenters. The summed E-state index contributed by atoms with van der Waals surface area (Å²) >= 11 is 5.88. The standard InChI is InChI=1S/C16H19ClN4/c17-14-5-3-13(4-6-14)7-9-18-15-8-10-19-16(20-15)21-11-1-2-12-21/h3-6,8,10H,1-2,7,9,11-12H2,(H,18,19,20). The van der Waals surface area contributed by atoms with Crippen LogP contribution in [0.2, 0.25) is 5.02 Å². The third kappa shape index (κ3) is 3.85. The number of halogens is 1. The van der Waals surface area contributed by atoms with Gasteiger partial charge in [0.2, 0.25) is 5.95 Å². The van der Waals surface area contributed by atoms with Crippen LogP contribution < -0.4 is 10.2 Å². The zero-order chi connectivity index (χ0) is 14.5. The van der Waals surface area contributed by atoms with Gasteiger partial charge in [0.25, 0.3) is 0 Å². The summed E-state index contributed by atoms with van der Waals surface area (Å²) in [5.74, 6) is 1.73. The number of aromatic nitrogens is 2. The third-order valence-electron chi connectivity index (χ3n) is 3.66. The number of nitrogens with zero attached hydrogens (tertiary/aromatic N) is 3. The molecule has 0 bridgehead atoms. The maximum atomic E-state index is 5.88. The Hall–Kier alpha value is -1.81. The van der Waals surface area contributed by atoms with Crippen LogP contribution in [0.15, 0.2) is 36.5 Å². The Kier molecular flexibility index (Phi) is 4.55.